The van der Waals surface area contributed by atoms with E-state index in [1.807, 2.05) is 6.08 Å². The van der Waals surface area contributed by atoms with Crippen LogP contribution in [-0.2, 0) is 33.3 Å². The molecule has 0 N–H and O–H groups in total. The highest BCUT2D eigenvalue weighted by Crippen LogP contribution is 2.42. The number of hydrogen-bond donors (Lipinski definition) is 0. The summed E-state index contributed by atoms with van der Waals surface area (Å²) < 4.78 is 21.6. The van der Waals surface area contributed by atoms with Crippen LogP contribution in [0.4, 0.5) is 0 Å². The molecule has 0 aromatic rings. The molecule has 0 unspecified atom stereocenters. The lowest BCUT2D eigenvalue weighted by molar-refractivity contribution is -0.184. The molecule has 0 aromatic heterocycles. The third kappa shape index (κ3) is 7.42. The number of carbonyl (C=O) groups is 3. The van der Waals surface area contributed by atoms with Crippen molar-refractivity contribution < 1.29 is 33.3 Å². The summed E-state index contributed by atoms with van der Waals surface area (Å²) in [5.41, 5.74) is 6.11. The topological polar surface area (TPSA) is 88.1 Å². The summed E-state index contributed by atoms with van der Waals surface area (Å²) in [7, 11) is 0. The number of rotatable bonds is 9. The van der Waals surface area contributed by atoms with Crippen molar-refractivity contribution in [2.24, 2.45) is 5.41 Å². The van der Waals surface area contributed by atoms with Gasteiger partial charge in [-0.3, -0.25) is 9.59 Å². The molecule has 3 rings (SSSR count). The first-order valence-corrected chi connectivity index (χ1v) is 12.9. The minimum Gasteiger partial charge on any atom is -0.432 e. The maximum Gasteiger partial charge on any atom is 0.334 e. The normalized spacial score (nSPS) is 26.2. The SMILES string of the molecule is CC(=O)O[C@@H]1O[C@@H](C2=CC(=O)O[C@H]2OC(C)=O)CC=C1CC/C=C(\C)CCC1=C(C)CCCC1(C)C. The first kappa shape index (κ1) is 27.9. The van der Waals surface area contributed by atoms with Crippen molar-refractivity contribution in [3.05, 3.63) is 46.1 Å². The molecular weight excluding hydrogens is 460 g/mol. The Morgan fingerprint density at radius 2 is 1.81 bits per heavy atom. The molecule has 3 aliphatic rings. The van der Waals surface area contributed by atoms with Crippen molar-refractivity contribution in [1.82, 2.24) is 0 Å². The second-order valence-electron chi connectivity index (χ2n) is 10.7. The molecule has 0 spiro atoms. The van der Waals surface area contributed by atoms with Gasteiger partial charge < -0.3 is 18.9 Å². The van der Waals surface area contributed by atoms with E-state index < -0.39 is 36.6 Å². The fraction of sp³-hybridized carbons (Fsp3) is 0.621. The number of carbonyl (C=O) groups excluding carboxylic acids is 3. The summed E-state index contributed by atoms with van der Waals surface area (Å²) in [5.74, 6) is -1.62. The van der Waals surface area contributed by atoms with Crippen LogP contribution in [-0.4, -0.2) is 36.6 Å². The van der Waals surface area contributed by atoms with E-state index in [1.165, 1.54) is 44.8 Å². The molecule has 0 amide bonds. The summed E-state index contributed by atoms with van der Waals surface area (Å²) in [4.78, 5) is 34.9. The second-order valence-corrected chi connectivity index (χ2v) is 10.7. The van der Waals surface area contributed by atoms with Gasteiger partial charge in [-0.25, -0.2) is 4.79 Å². The van der Waals surface area contributed by atoms with Crippen molar-refractivity contribution in [2.45, 2.75) is 112 Å². The van der Waals surface area contributed by atoms with Crippen LogP contribution in [0, 0.1) is 5.41 Å². The lowest BCUT2D eigenvalue weighted by Crippen LogP contribution is -2.35. The Bertz CT molecular complexity index is 995. The van der Waals surface area contributed by atoms with Crippen molar-refractivity contribution >= 4 is 17.9 Å². The van der Waals surface area contributed by atoms with Gasteiger partial charge >= 0.3 is 17.9 Å². The molecule has 198 valence electrons. The fourth-order valence-electron chi connectivity index (χ4n) is 5.37. The lowest BCUT2D eigenvalue weighted by atomic mass is 9.71. The van der Waals surface area contributed by atoms with Crippen molar-refractivity contribution in [1.29, 1.82) is 0 Å². The van der Waals surface area contributed by atoms with E-state index in [4.69, 9.17) is 18.9 Å². The standard InChI is InChI=1S/C29H40O7/c1-18(12-14-24-19(2)10-8-16-29(24,5)6)9-7-11-22-13-15-25(35-27(22)33-20(3)30)23-17-26(32)36-28(23)34-21(4)31/h9,13,17,25,27-28H,7-8,10-12,14-16H2,1-6H3/b18-9+/t25-,27-,28-/m1/s1. The quantitative estimate of drug-likeness (QED) is 0.283. The van der Waals surface area contributed by atoms with Gasteiger partial charge in [-0.05, 0) is 76.2 Å². The molecule has 0 saturated heterocycles. The van der Waals surface area contributed by atoms with E-state index in [-0.39, 0.29) is 0 Å². The Kier molecular flexibility index (Phi) is 9.34. The Hall–Kier alpha value is -2.67. The number of allylic oxidation sites excluding steroid dienone is 4. The van der Waals surface area contributed by atoms with Gasteiger partial charge in [-0.15, -0.1) is 0 Å². The van der Waals surface area contributed by atoms with E-state index in [9.17, 15) is 14.4 Å². The molecule has 0 bridgehead atoms. The largest absolute Gasteiger partial charge is 0.432 e. The fourth-order valence-corrected chi connectivity index (χ4v) is 5.37. The van der Waals surface area contributed by atoms with Gasteiger partial charge in [0.05, 0.1) is 6.10 Å². The van der Waals surface area contributed by atoms with Gasteiger partial charge in [0.15, 0.2) is 0 Å². The molecule has 36 heavy (non-hydrogen) atoms. The molecule has 0 radical (unpaired) electrons. The zero-order chi connectivity index (χ0) is 26.5. The Morgan fingerprint density at radius 1 is 1.11 bits per heavy atom. The smallest absolute Gasteiger partial charge is 0.334 e. The molecule has 7 nitrogen and oxygen atoms in total. The Morgan fingerprint density at radius 3 is 2.47 bits per heavy atom. The molecule has 0 saturated carbocycles. The number of cyclic esters (lactones) is 1. The predicted molar refractivity (Wildman–Crippen MR) is 135 cm³/mol. The van der Waals surface area contributed by atoms with Gasteiger partial charge in [0.1, 0.15) is 0 Å². The molecular formula is C29H40O7. The van der Waals surface area contributed by atoms with Gasteiger partial charge in [-0.2, -0.15) is 0 Å². The molecule has 2 aliphatic heterocycles. The van der Waals surface area contributed by atoms with Gasteiger partial charge in [0.25, 0.3) is 6.29 Å². The highest BCUT2D eigenvalue weighted by Gasteiger charge is 2.38. The third-order valence-corrected chi connectivity index (χ3v) is 7.26. The summed E-state index contributed by atoms with van der Waals surface area (Å²) in [6.45, 7) is 11.8. The maximum absolute atomic E-state index is 11.8. The first-order valence-electron chi connectivity index (χ1n) is 12.9. The van der Waals surface area contributed by atoms with Gasteiger partial charge in [0, 0.05) is 25.5 Å². The van der Waals surface area contributed by atoms with E-state index >= 15 is 0 Å². The van der Waals surface area contributed by atoms with Crippen LogP contribution < -0.4 is 0 Å². The van der Waals surface area contributed by atoms with Crippen molar-refractivity contribution in [3.63, 3.8) is 0 Å². The number of esters is 3. The third-order valence-electron chi connectivity index (χ3n) is 7.26. The molecule has 0 fully saturated rings. The Balaban J connectivity index is 1.61. The minimum atomic E-state index is -1.12. The number of ether oxygens (including phenoxy) is 4. The van der Waals surface area contributed by atoms with Gasteiger partial charge in [0.2, 0.25) is 6.29 Å². The van der Waals surface area contributed by atoms with Crippen LogP contribution in [0.15, 0.2) is 46.1 Å². The minimum absolute atomic E-state index is 0.291. The van der Waals surface area contributed by atoms with E-state index in [1.54, 1.807) is 11.1 Å². The average Bonchev–Trinajstić information content (AvgIpc) is 3.12. The molecule has 1 aliphatic carbocycles. The van der Waals surface area contributed by atoms with Crippen LogP contribution in [0.5, 0.6) is 0 Å². The molecule has 0 aromatic carbocycles. The van der Waals surface area contributed by atoms with Crippen LogP contribution in [0.2, 0.25) is 0 Å². The predicted octanol–water partition coefficient (Wildman–Crippen LogP) is 6.00. The summed E-state index contributed by atoms with van der Waals surface area (Å²) in [6.07, 6.45) is 10.8. The van der Waals surface area contributed by atoms with Gasteiger partial charge in [-0.1, -0.05) is 42.7 Å². The van der Waals surface area contributed by atoms with Crippen LogP contribution in [0.25, 0.3) is 0 Å². The number of hydrogen-bond acceptors (Lipinski definition) is 7. The second kappa shape index (κ2) is 12.0. The summed E-state index contributed by atoms with van der Waals surface area (Å²) in [5, 5.41) is 0. The van der Waals surface area contributed by atoms with Crippen molar-refractivity contribution in [2.75, 3.05) is 0 Å². The zero-order valence-corrected chi connectivity index (χ0v) is 22.5. The van der Waals surface area contributed by atoms with Crippen molar-refractivity contribution in [3.8, 4) is 0 Å². The van der Waals surface area contributed by atoms with Crippen LogP contribution in [0.3, 0.4) is 0 Å². The summed E-state index contributed by atoms with van der Waals surface area (Å²) >= 11 is 0. The monoisotopic (exact) mass is 500 g/mol. The van der Waals surface area contributed by atoms with E-state index in [2.05, 4.69) is 33.8 Å². The first-order chi connectivity index (χ1) is 17.0. The van der Waals surface area contributed by atoms with E-state index in [0.717, 1.165) is 24.8 Å². The Labute approximate surface area is 214 Å². The highest BCUT2D eigenvalue weighted by molar-refractivity contribution is 5.86. The lowest BCUT2D eigenvalue weighted by Gasteiger charge is -2.35. The molecule has 7 heteroatoms. The summed E-state index contributed by atoms with van der Waals surface area (Å²) in [6, 6.07) is 0. The van der Waals surface area contributed by atoms with E-state index in [0.29, 0.717) is 23.8 Å². The maximum atomic E-state index is 11.8. The molecule has 3 atom stereocenters. The average molecular weight is 501 g/mol. The zero-order valence-electron chi connectivity index (χ0n) is 22.5. The van der Waals surface area contributed by atoms with Crippen LogP contribution >= 0.6 is 0 Å². The molecule has 2 heterocycles. The van der Waals surface area contributed by atoms with Crippen LogP contribution in [0.1, 0.15) is 92.9 Å². The highest BCUT2D eigenvalue weighted by atomic mass is 16.7.